The molecule has 142 valence electrons. The number of piperidine rings is 1. The van der Waals surface area contributed by atoms with Gasteiger partial charge in [-0.25, -0.2) is 0 Å². The number of benzene rings is 2. The van der Waals surface area contributed by atoms with Gasteiger partial charge in [0, 0.05) is 34.8 Å². The summed E-state index contributed by atoms with van der Waals surface area (Å²) in [4.78, 5) is 15.1. The second-order valence-corrected chi connectivity index (χ2v) is 7.76. The Balaban J connectivity index is 1.42. The van der Waals surface area contributed by atoms with E-state index in [0.29, 0.717) is 11.6 Å². The van der Waals surface area contributed by atoms with Gasteiger partial charge in [-0.15, -0.1) is 0 Å². The van der Waals surface area contributed by atoms with Gasteiger partial charge in [-0.1, -0.05) is 30.7 Å². The van der Waals surface area contributed by atoms with Crippen molar-refractivity contribution >= 4 is 28.1 Å². The van der Waals surface area contributed by atoms with Gasteiger partial charge in [0.1, 0.15) is 5.58 Å². The second-order valence-electron chi connectivity index (χ2n) is 7.76. The fourth-order valence-corrected chi connectivity index (χ4v) is 4.46. The Labute approximate surface area is 164 Å². The first-order valence-electron chi connectivity index (χ1n) is 10.1. The molecule has 1 N–H and O–H groups in total. The summed E-state index contributed by atoms with van der Waals surface area (Å²) < 4.78 is 5.82. The van der Waals surface area contributed by atoms with Crippen LogP contribution in [-0.2, 0) is 0 Å². The zero-order valence-corrected chi connectivity index (χ0v) is 15.9. The smallest absolute Gasteiger partial charge is 0.255 e. The highest BCUT2D eigenvalue weighted by atomic mass is 16.3. The highest BCUT2D eigenvalue weighted by Crippen LogP contribution is 2.36. The largest absolute Gasteiger partial charge is 0.464 e. The molecule has 5 rings (SSSR count). The van der Waals surface area contributed by atoms with Crippen molar-refractivity contribution in [3.05, 3.63) is 72.0 Å². The maximum Gasteiger partial charge on any atom is 0.255 e. The number of amides is 1. The molecule has 2 aromatic carbocycles. The van der Waals surface area contributed by atoms with Gasteiger partial charge in [0.2, 0.25) is 0 Å². The molecule has 1 aromatic heterocycles. The molecular weight excluding hydrogens is 348 g/mol. The molecule has 0 radical (unpaired) electrons. The fraction of sp³-hybridized carbons (Fsp3) is 0.292. The van der Waals surface area contributed by atoms with Crippen LogP contribution in [0.25, 0.3) is 16.5 Å². The minimum Gasteiger partial charge on any atom is -0.464 e. The first kappa shape index (κ1) is 17.3. The van der Waals surface area contributed by atoms with Crippen LogP contribution in [0.5, 0.6) is 0 Å². The molecule has 4 nitrogen and oxygen atoms in total. The summed E-state index contributed by atoms with van der Waals surface area (Å²) in [5.74, 6) is -0.0975. The van der Waals surface area contributed by atoms with E-state index in [1.807, 2.05) is 54.8 Å². The number of anilines is 1. The predicted octanol–water partition coefficient (Wildman–Crippen LogP) is 5.33. The van der Waals surface area contributed by atoms with E-state index < -0.39 is 0 Å². The Bertz CT molecular complexity index is 1040. The number of carbonyl (C=O) groups excluding carboxylic acids is 1. The molecule has 2 aliphatic heterocycles. The molecule has 4 heteroatoms. The molecule has 28 heavy (non-hydrogen) atoms. The van der Waals surface area contributed by atoms with Crippen molar-refractivity contribution in [2.45, 2.75) is 31.7 Å². The first-order valence-corrected chi connectivity index (χ1v) is 10.1. The molecule has 0 saturated carbocycles. The van der Waals surface area contributed by atoms with Crippen molar-refractivity contribution in [3.63, 3.8) is 0 Å². The first-order chi connectivity index (χ1) is 13.8. The number of hydrogen-bond donors (Lipinski definition) is 1. The Morgan fingerprint density at radius 1 is 1.11 bits per heavy atom. The molecule has 0 aliphatic carbocycles. The lowest BCUT2D eigenvalue weighted by molar-refractivity contribution is 0.102. The van der Waals surface area contributed by atoms with E-state index in [-0.39, 0.29) is 5.91 Å². The summed E-state index contributed by atoms with van der Waals surface area (Å²) in [7, 11) is 0. The average Bonchev–Trinajstić information content (AvgIpc) is 3.17. The SMILES string of the molecule is O=C(Nc1ccc2occ(C3=CCN4CCCCC4C3)c2c1)c1ccccc1. The van der Waals surface area contributed by atoms with E-state index in [1.165, 1.54) is 31.4 Å². The van der Waals surface area contributed by atoms with Gasteiger partial charge in [0.05, 0.1) is 6.26 Å². The zero-order valence-electron chi connectivity index (χ0n) is 15.9. The number of nitrogens with zero attached hydrogens (tertiary/aromatic N) is 1. The molecule has 0 bridgehead atoms. The highest BCUT2D eigenvalue weighted by molar-refractivity contribution is 6.05. The van der Waals surface area contributed by atoms with Crippen LogP contribution in [0, 0.1) is 0 Å². The van der Waals surface area contributed by atoms with Crippen molar-refractivity contribution in [2.75, 3.05) is 18.4 Å². The van der Waals surface area contributed by atoms with Gasteiger partial charge < -0.3 is 9.73 Å². The Hall–Kier alpha value is -2.85. The van der Waals surface area contributed by atoms with E-state index in [4.69, 9.17) is 4.42 Å². The van der Waals surface area contributed by atoms with Crippen LogP contribution in [0.4, 0.5) is 5.69 Å². The number of carbonyl (C=O) groups is 1. The molecular formula is C24H24N2O2. The summed E-state index contributed by atoms with van der Waals surface area (Å²) in [5.41, 5.74) is 4.84. The van der Waals surface area contributed by atoms with Crippen LogP contribution in [0.3, 0.4) is 0 Å². The molecule has 2 aliphatic rings. The third-order valence-corrected chi connectivity index (χ3v) is 5.99. The summed E-state index contributed by atoms with van der Waals surface area (Å²) in [6, 6.07) is 15.8. The molecule has 3 heterocycles. The molecule has 0 spiro atoms. The predicted molar refractivity (Wildman–Crippen MR) is 112 cm³/mol. The number of hydrogen-bond acceptors (Lipinski definition) is 3. The lowest BCUT2D eigenvalue weighted by atomic mass is 9.89. The lowest BCUT2D eigenvalue weighted by Gasteiger charge is -2.38. The van der Waals surface area contributed by atoms with E-state index in [0.717, 1.165) is 35.2 Å². The number of rotatable bonds is 3. The van der Waals surface area contributed by atoms with Gasteiger partial charge >= 0.3 is 0 Å². The third-order valence-electron chi connectivity index (χ3n) is 5.99. The maximum atomic E-state index is 12.5. The molecule has 1 fully saturated rings. The number of furan rings is 1. The Kier molecular flexibility index (Phi) is 4.49. The van der Waals surface area contributed by atoms with Gasteiger partial charge in [-0.2, -0.15) is 0 Å². The van der Waals surface area contributed by atoms with Gasteiger partial charge in [-0.3, -0.25) is 9.69 Å². The van der Waals surface area contributed by atoms with Crippen molar-refractivity contribution < 1.29 is 9.21 Å². The molecule has 1 saturated heterocycles. The van der Waals surface area contributed by atoms with Crippen LogP contribution in [0.15, 0.2) is 65.3 Å². The molecule has 1 amide bonds. The van der Waals surface area contributed by atoms with Crippen molar-refractivity contribution in [2.24, 2.45) is 0 Å². The van der Waals surface area contributed by atoms with E-state index in [1.54, 1.807) is 0 Å². The average molecular weight is 372 g/mol. The second kappa shape index (κ2) is 7.28. The lowest BCUT2D eigenvalue weighted by Crippen LogP contribution is -2.41. The van der Waals surface area contributed by atoms with E-state index >= 15 is 0 Å². The Morgan fingerprint density at radius 3 is 2.89 bits per heavy atom. The van der Waals surface area contributed by atoms with Crippen LogP contribution in [0.2, 0.25) is 0 Å². The van der Waals surface area contributed by atoms with Crippen LogP contribution >= 0.6 is 0 Å². The van der Waals surface area contributed by atoms with Crippen molar-refractivity contribution in [3.8, 4) is 0 Å². The number of nitrogens with one attached hydrogen (secondary N) is 1. The number of fused-ring (bicyclic) bond motifs is 2. The third kappa shape index (κ3) is 3.25. The van der Waals surface area contributed by atoms with Crippen molar-refractivity contribution in [1.82, 2.24) is 4.90 Å². The Morgan fingerprint density at radius 2 is 2.00 bits per heavy atom. The molecule has 3 aromatic rings. The highest BCUT2D eigenvalue weighted by Gasteiger charge is 2.27. The minimum absolute atomic E-state index is 0.0975. The fourth-order valence-electron chi connectivity index (χ4n) is 4.46. The van der Waals surface area contributed by atoms with Gasteiger partial charge in [0.25, 0.3) is 5.91 Å². The summed E-state index contributed by atoms with van der Waals surface area (Å²) in [6.45, 7) is 2.24. The maximum absolute atomic E-state index is 12.5. The molecule has 1 atom stereocenters. The summed E-state index contributed by atoms with van der Waals surface area (Å²) in [5, 5.41) is 4.08. The zero-order chi connectivity index (χ0) is 18.9. The van der Waals surface area contributed by atoms with Crippen LogP contribution < -0.4 is 5.32 Å². The van der Waals surface area contributed by atoms with E-state index in [2.05, 4.69) is 16.3 Å². The standard InChI is InChI=1S/C24H24N2O2/c27-24(17-6-2-1-3-7-17)25-19-9-10-23-21(15-19)22(16-28-23)18-11-13-26-12-5-4-8-20(26)14-18/h1-3,6-7,9-11,15-16,20H,4-5,8,12-14H2,(H,25,27). The summed E-state index contributed by atoms with van der Waals surface area (Å²) in [6.07, 6.45) is 9.23. The van der Waals surface area contributed by atoms with Crippen LogP contribution in [0.1, 0.15) is 41.6 Å². The van der Waals surface area contributed by atoms with Gasteiger partial charge in [-0.05, 0) is 61.7 Å². The van der Waals surface area contributed by atoms with Crippen LogP contribution in [-0.4, -0.2) is 29.9 Å². The van der Waals surface area contributed by atoms with E-state index in [9.17, 15) is 4.79 Å². The monoisotopic (exact) mass is 372 g/mol. The molecule has 1 unspecified atom stereocenters. The van der Waals surface area contributed by atoms with Gasteiger partial charge in [0.15, 0.2) is 0 Å². The minimum atomic E-state index is -0.0975. The van der Waals surface area contributed by atoms with Crippen molar-refractivity contribution in [1.29, 1.82) is 0 Å². The summed E-state index contributed by atoms with van der Waals surface area (Å²) >= 11 is 0. The quantitative estimate of drug-likeness (QED) is 0.676. The normalized spacial score (nSPS) is 19.9. The topological polar surface area (TPSA) is 45.5 Å².